The zero-order chi connectivity index (χ0) is 21.1. The maximum atomic E-state index is 4.88. The summed E-state index contributed by atoms with van der Waals surface area (Å²) in [5.41, 5.74) is 5.49. The van der Waals surface area contributed by atoms with E-state index in [1.54, 1.807) is 12.3 Å². The number of allylic oxidation sites excluding steroid dienone is 1. The maximum absolute atomic E-state index is 4.88. The highest BCUT2D eigenvalue weighted by Gasteiger charge is 2.26. The van der Waals surface area contributed by atoms with Gasteiger partial charge in [0, 0.05) is 39.3 Å². The summed E-state index contributed by atoms with van der Waals surface area (Å²) in [4.78, 5) is 15.8. The first-order chi connectivity index (χ1) is 14.6. The molecule has 0 amide bonds. The summed E-state index contributed by atoms with van der Waals surface area (Å²) in [5, 5.41) is 9.08. The molecule has 1 aliphatic heterocycles. The molecule has 0 saturated heterocycles. The van der Waals surface area contributed by atoms with Gasteiger partial charge < -0.3 is 10.2 Å². The van der Waals surface area contributed by atoms with Crippen LogP contribution in [-0.4, -0.2) is 39.6 Å². The smallest absolute Gasteiger partial charge is 0.226 e. The van der Waals surface area contributed by atoms with Crippen molar-refractivity contribution in [1.29, 1.82) is 0 Å². The molecule has 7 nitrogen and oxygen atoms in total. The van der Waals surface area contributed by atoms with Crippen LogP contribution in [0.2, 0.25) is 0 Å². The summed E-state index contributed by atoms with van der Waals surface area (Å²) < 4.78 is 1.85. The average Bonchev–Trinajstić information content (AvgIpc) is 3.07. The van der Waals surface area contributed by atoms with E-state index < -0.39 is 0 Å². The lowest BCUT2D eigenvalue weighted by atomic mass is 10.1. The maximum Gasteiger partial charge on any atom is 0.226 e. The quantitative estimate of drug-likeness (QED) is 0.459. The van der Waals surface area contributed by atoms with Crippen molar-refractivity contribution in [1.82, 2.24) is 19.7 Å². The standard InChI is InChI=1S/C23H27N7/c1-5-17(14-24-3)10-12-25-23-26-21-20-19(28-29(21)4)11-13-30(22(20)27-23)15-18-8-6-16(2)7-9-18/h5-9,14H,1,3,10-13,15H2,2,4H3,(H,25,26,27)/b17-14+. The van der Waals surface area contributed by atoms with E-state index in [-0.39, 0.29) is 0 Å². The number of aryl methyl sites for hydroxylation is 2. The van der Waals surface area contributed by atoms with Crippen molar-refractivity contribution in [3.8, 4) is 0 Å². The Bertz CT molecular complexity index is 1110. The monoisotopic (exact) mass is 401 g/mol. The molecular formula is C23H27N7. The van der Waals surface area contributed by atoms with Gasteiger partial charge in [0.15, 0.2) is 5.65 Å². The number of nitrogens with zero attached hydrogens (tertiary/aromatic N) is 6. The Kier molecular flexibility index (Phi) is 5.61. The third kappa shape index (κ3) is 3.96. The molecule has 0 aliphatic carbocycles. The molecule has 0 fully saturated rings. The van der Waals surface area contributed by atoms with Gasteiger partial charge in [-0.05, 0) is 31.2 Å². The molecule has 30 heavy (non-hydrogen) atoms. The molecule has 0 atom stereocenters. The van der Waals surface area contributed by atoms with Crippen LogP contribution in [-0.2, 0) is 20.0 Å². The molecule has 0 unspecified atom stereocenters. The van der Waals surface area contributed by atoms with Gasteiger partial charge in [-0.1, -0.05) is 42.5 Å². The second-order valence-electron chi connectivity index (χ2n) is 7.56. The molecule has 0 radical (unpaired) electrons. The van der Waals surface area contributed by atoms with Crippen LogP contribution in [0.5, 0.6) is 0 Å². The van der Waals surface area contributed by atoms with Crippen LogP contribution in [0.1, 0.15) is 23.2 Å². The molecule has 1 aliphatic rings. The van der Waals surface area contributed by atoms with Gasteiger partial charge in [-0.25, -0.2) is 4.68 Å². The Morgan fingerprint density at radius 2 is 2.07 bits per heavy atom. The van der Waals surface area contributed by atoms with Gasteiger partial charge in [-0.15, -0.1) is 0 Å². The van der Waals surface area contributed by atoms with E-state index in [0.717, 1.165) is 54.0 Å². The largest absolute Gasteiger partial charge is 0.354 e. The topological polar surface area (TPSA) is 71.2 Å². The Hall–Kier alpha value is -3.48. The first-order valence-corrected chi connectivity index (χ1v) is 10.1. The zero-order valence-corrected chi connectivity index (χ0v) is 17.6. The fourth-order valence-electron chi connectivity index (χ4n) is 3.76. The number of hydrogen-bond donors (Lipinski definition) is 1. The van der Waals surface area contributed by atoms with Crippen molar-refractivity contribution in [2.75, 3.05) is 23.3 Å². The van der Waals surface area contributed by atoms with Crippen LogP contribution in [0.25, 0.3) is 11.0 Å². The van der Waals surface area contributed by atoms with Gasteiger partial charge in [0.25, 0.3) is 0 Å². The first kappa shape index (κ1) is 19.8. The van der Waals surface area contributed by atoms with Crippen LogP contribution in [0.4, 0.5) is 11.8 Å². The van der Waals surface area contributed by atoms with E-state index in [2.05, 4.69) is 64.8 Å². The predicted octanol–water partition coefficient (Wildman–Crippen LogP) is 3.81. The van der Waals surface area contributed by atoms with Gasteiger partial charge in [0.2, 0.25) is 5.95 Å². The normalized spacial score (nSPS) is 13.5. The van der Waals surface area contributed by atoms with Crippen molar-refractivity contribution in [3.63, 3.8) is 0 Å². The molecule has 0 bridgehead atoms. The highest BCUT2D eigenvalue weighted by molar-refractivity contribution is 5.92. The lowest BCUT2D eigenvalue weighted by Gasteiger charge is -2.28. The summed E-state index contributed by atoms with van der Waals surface area (Å²) in [6.07, 6.45) is 5.18. The molecule has 1 N–H and O–H groups in total. The number of benzene rings is 1. The highest BCUT2D eigenvalue weighted by atomic mass is 15.3. The number of anilines is 2. The fraction of sp³-hybridized carbons (Fsp3) is 0.304. The third-order valence-corrected chi connectivity index (χ3v) is 5.36. The van der Waals surface area contributed by atoms with E-state index in [1.807, 2.05) is 11.7 Å². The van der Waals surface area contributed by atoms with Crippen molar-refractivity contribution >= 4 is 29.5 Å². The average molecular weight is 402 g/mol. The van der Waals surface area contributed by atoms with Crippen LogP contribution < -0.4 is 10.2 Å². The van der Waals surface area contributed by atoms with E-state index in [9.17, 15) is 0 Å². The lowest BCUT2D eigenvalue weighted by molar-refractivity contribution is 0.720. The summed E-state index contributed by atoms with van der Waals surface area (Å²) in [7, 11) is 1.94. The number of hydrogen-bond acceptors (Lipinski definition) is 6. The van der Waals surface area contributed by atoms with Gasteiger partial charge in [-0.2, -0.15) is 15.1 Å². The second-order valence-corrected chi connectivity index (χ2v) is 7.56. The molecule has 154 valence electrons. The fourth-order valence-corrected chi connectivity index (χ4v) is 3.76. The number of nitrogens with one attached hydrogen (secondary N) is 1. The number of aromatic nitrogens is 4. The van der Waals surface area contributed by atoms with Gasteiger partial charge in [0.1, 0.15) is 5.82 Å². The SMILES string of the molecule is C=C/C(=C\N=C)CCNc1nc2c3c(nn(C)c3n1)CCN2Cc1ccc(C)cc1. The van der Waals surface area contributed by atoms with Gasteiger partial charge in [-0.3, -0.25) is 4.99 Å². The van der Waals surface area contributed by atoms with E-state index >= 15 is 0 Å². The van der Waals surface area contributed by atoms with E-state index in [1.165, 1.54) is 11.1 Å². The lowest BCUT2D eigenvalue weighted by Crippen LogP contribution is -2.29. The Balaban J connectivity index is 1.62. The minimum Gasteiger partial charge on any atom is -0.354 e. The van der Waals surface area contributed by atoms with Crippen LogP contribution in [0, 0.1) is 6.92 Å². The highest BCUT2D eigenvalue weighted by Crippen LogP contribution is 2.33. The van der Waals surface area contributed by atoms with Gasteiger partial charge in [0.05, 0.1) is 11.1 Å². The Morgan fingerprint density at radius 1 is 1.27 bits per heavy atom. The summed E-state index contributed by atoms with van der Waals surface area (Å²) in [5.74, 6) is 1.56. The molecule has 1 aromatic carbocycles. The van der Waals surface area contributed by atoms with Crippen molar-refractivity contribution < 1.29 is 0 Å². The van der Waals surface area contributed by atoms with E-state index in [0.29, 0.717) is 12.5 Å². The summed E-state index contributed by atoms with van der Waals surface area (Å²) in [6, 6.07) is 8.67. The molecule has 7 heteroatoms. The molecule has 3 heterocycles. The van der Waals surface area contributed by atoms with E-state index in [4.69, 9.17) is 9.97 Å². The minimum atomic E-state index is 0.609. The molecular weight excluding hydrogens is 374 g/mol. The van der Waals surface area contributed by atoms with Gasteiger partial charge >= 0.3 is 0 Å². The Morgan fingerprint density at radius 3 is 2.80 bits per heavy atom. The van der Waals surface area contributed by atoms with Crippen LogP contribution in [0.15, 0.2) is 53.7 Å². The predicted molar refractivity (Wildman–Crippen MR) is 123 cm³/mol. The first-order valence-electron chi connectivity index (χ1n) is 10.1. The number of rotatable bonds is 8. The number of aliphatic imine (C=N–C) groups is 1. The second kappa shape index (κ2) is 8.49. The molecule has 0 saturated carbocycles. The summed E-state index contributed by atoms with van der Waals surface area (Å²) >= 11 is 0. The van der Waals surface area contributed by atoms with Crippen LogP contribution in [0.3, 0.4) is 0 Å². The van der Waals surface area contributed by atoms with Crippen molar-refractivity contribution in [2.45, 2.75) is 26.3 Å². The zero-order valence-electron chi connectivity index (χ0n) is 17.6. The molecule has 3 aromatic rings. The molecule has 2 aromatic heterocycles. The summed E-state index contributed by atoms with van der Waals surface area (Å²) in [6.45, 7) is 11.8. The third-order valence-electron chi connectivity index (χ3n) is 5.36. The minimum absolute atomic E-state index is 0.609. The van der Waals surface area contributed by atoms with Crippen molar-refractivity contribution in [3.05, 3.63) is 65.5 Å². The molecule has 4 rings (SSSR count). The molecule has 0 spiro atoms. The van der Waals surface area contributed by atoms with Crippen molar-refractivity contribution in [2.24, 2.45) is 12.0 Å². The Labute approximate surface area is 176 Å². The van der Waals surface area contributed by atoms with Crippen LogP contribution >= 0.6 is 0 Å².